The largest absolute Gasteiger partial charge is 0.497 e. The van der Waals surface area contributed by atoms with Gasteiger partial charge >= 0.3 is 5.97 Å². The van der Waals surface area contributed by atoms with Crippen molar-refractivity contribution < 1.29 is 19.1 Å². The van der Waals surface area contributed by atoms with Crippen LogP contribution in [0.1, 0.15) is 15.9 Å². The van der Waals surface area contributed by atoms with Crippen LogP contribution in [-0.4, -0.2) is 32.1 Å². The molecule has 0 saturated heterocycles. The molecule has 0 aliphatic carbocycles. The van der Waals surface area contributed by atoms with Crippen LogP contribution >= 0.6 is 0 Å². The average Bonchev–Trinajstić information content (AvgIpc) is 2.78. The molecule has 29 heavy (non-hydrogen) atoms. The quantitative estimate of drug-likeness (QED) is 0.594. The van der Waals surface area contributed by atoms with Crippen molar-refractivity contribution in [2.24, 2.45) is 0 Å². The van der Waals surface area contributed by atoms with Crippen LogP contribution in [0.4, 0.5) is 0 Å². The van der Waals surface area contributed by atoms with E-state index in [2.05, 4.69) is 5.32 Å². The molecular weight excluding hydrogens is 366 g/mol. The van der Waals surface area contributed by atoms with Gasteiger partial charge in [0.25, 0.3) is 5.91 Å². The Hall–Kier alpha value is -3.60. The van der Waals surface area contributed by atoms with Crippen molar-refractivity contribution in [3.05, 3.63) is 90.0 Å². The molecule has 0 unspecified atom stereocenters. The second kappa shape index (κ2) is 10.1. The Morgan fingerprint density at radius 2 is 1.48 bits per heavy atom. The Bertz CT molecular complexity index is 935. The lowest BCUT2D eigenvalue weighted by molar-refractivity contribution is -0.124. The van der Waals surface area contributed by atoms with Crippen molar-refractivity contribution in [1.29, 1.82) is 0 Å². The number of methoxy groups -OCH3 is 1. The zero-order valence-electron chi connectivity index (χ0n) is 16.3. The van der Waals surface area contributed by atoms with Gasteiger partial charge in [-0.3, -0.25) is 4.79 Å². The monoisotopic (exact) mass is 389 g/mol. The van der Waals surface area contributed by atoms with Crippen molar-refractivity contribution >= 4 is 11.9 Å². The van der Waals surface area contributed by atoms with Crippen molar-refractivity contribution in [2.75, 3.05) is 20.3 Å². The van der Waals surface area contributed by atoms with Crippen LogP contribution in [0.3, 0.4) is 0 Å². The summed E-state index contributed by atoms with van der Waals surface area (Å²) in [6.45, 7) is 0.163. The van der Waals surface area contributed by atoms with Crippen LogP contribution in [0.2, 0.25) is 0 Å². The van der Waals surface area contributed by atoms with Gasteiger partial charge in [-0.25, -0.2) is 4.79 Å². The average molecular weight is 389 g/mol. The summed E-state index contributed by atoms with van der Waals surface area (Å²) >= 11 is 0. The first-order valence-corrected chi connectivity index (χ1v) is 9.38. The van der Waals surface area contributed by atoms with E-state index < -0.39 is 5.97 Å². The Morgan fingerprint density at radius 1 is 0.828 bits per heavy atom. The number of carbonyl (C=O) groups excluding carboxylic acids is 2. The Morgan fingerprint density at radius 3 is 2.14 bits per heavy atom. The number of carbonyl (C=O) groups is 2. The van der Waals surface area contributed by atoms with Gasteiger partial charge in [-0.2, -0.15) is 0 Å². The zero-order valence-corrected chi connectivity index (χ0v) is 16.3. The molecule has 1 amide bonds. The van der Waals surface area contributed by atoms with Crippen LogP contribution in [-0.2, 0) is 16.0 Å². The smallest absolute Gasteiger partial charge is 0.338 e. The summed E-state index contributed by atoms with van der Waals surface area (Å²) in [7, 11) is 1.62. The van der Waals surface area contributed by atoms with Gasteiger partial charge in [0.05, 0.1) is 12.7 Å². The fourth-order valence-electron chi connectivity index (χ4n) is 2.83. The van der Waals surface area contributed by atoms with Crippen molar-refractivity contribution in [3.8, 4) is 16.9 Å². The Labute approximate surface area is 170 Å². The van der Waals surface area contributed by atoms with E-state index in [-0.39, 0.29) is 12.5 Å². The topological polar surface area (TPSA) is 64.6 Å². The molecule has 5 nitrogen and oxygen atoms in total. The number of nitrogens with one attached hydrogen (secondary N) is 1. The second-order valence-electron chi connectivity index (χ2n) is 6.47. The van der Waals surface area contributed by atoms with Crippen LogP contribution < -0.4 is 10.1 Å². The maximum Gasteiger partial charge on any atom is 0.338 e. The number of benzene rings is 3. The van der Waals surface area contributed by atoms with Gasteiger partial charge in [-0.15, -0.1) is 0 Å². The molecule has 3 rings (SSSR count). The van der Waals surface area contributed by atoms with E-state index in [0.717, 1.165) is 22.4 Å². The highest BCUT2D eigenvalue weighted by molar-refractivity contribution is 5.91. The number of ether oxygens (including phenoxy) is 2. The number of hydrogen-bond donors (Lipinski definition) is 1. The van der Waals surface area contributed by atoms with Crippen molar-refractivity contribution in [3.63, 3.8) is 0 Å². The minimum Gasteiger partial charge on any atom is -0.497 e. The summed E-state index contributed by atoms with van der Waals surface area (Å²) in [5.74, 6) is -0.0517. The highest BCUT2D eigenvalue weighted by Crippen LogP contribution is 2.19. The second-order valence-corrected chi connectivity index (χ2v) is 6.47. The molecule has 0 aliphatic heterocycles. The van der Waals surface area contributed by atoms with Crippen LogP contribution in [0, 0.1) is 0 Å². The molecule has 3 aromatic rings. The van der Waals surface area contributed by atoms with Crippen molar-refractivity contribution in [2.45, 2.75) is 6.42 Å². The van der Waals surface area contributed by atoms with E-state index in [9.17, 15) is 9.59 Å². The molecule has 0 saturated carbocycles. The maximum atomic E-state index is 12.1. The van der Waals surface area contributed by atoms with Gasteiger partial charge in [-0.1, -0.05) is 54.6 Å². The van der Waals surface area contributed by atoms with E-state index in [1.807, 2.05) is 66.7 Å². The first kappa shape index (κ1) is 20.1. The summed E-state index contributed by atoms with van der Waals surface area (Å²) in [5.41, 5.74) is 3.58. The minimum absolute atomic E-state index is 0.304. The summed E-state index contributed by atoms with van der Waals surface area (Å²) < 4.78 is 10.2. The summed E-state index contributed by atoms with van der Waals surface area (Å²) in [5, 5.41) is 2.75. The van der Waals surface area contributed by atoms with Gasteiger partial charge in [0.1, 0.15) is 5.75 Å². The first-order valence-electron chi connectivity index (χ1n) is 9.38. The van der Waals surface area contributed by atoms with Crippen LogP contribution in [0.25, 0.3) is 11.1 Å². The SMILES string of the molecule is COc1ccc(CCNC(=O)COC(=O)c2ccc(-c3ccccc3)cc2)cc1. The molecular formula is C24H23NO4. The molecule has 5 heteroatoms. The molecule has 0 radical (unpaired) electrons. The molecule has 1 N–H and O–H groups in total. The molecule has 148 valence electrons. The Kier molecular flexibility index (Phi) is 7.00. The first-order chi connectivity index (χ1) is 14.2. The van der Waals surface area contributed by atoms with Crippen LogP contribution in [0.5, 0.6) is 5.75 Å². The van der Waals surface area contributed by atoms with E-state index in [4.69, 9.17) is 9.47 Å². The number of rotatable bonds is 8. The third kappa shape index (κ3) is 5.94. The molecule has 0 aliphatic rings. The molecule has 0 spiro atoms. The standard InChI is InChI=1S/C24H23NO4/c1-28-22-13-7-18(8-14-22)15-16-25-23(26)17-29-24(27)21-11-9-20(10-12-21)19-5-3-2-4-6-19/h2-14H,15-17H2,1H3,(H,25,26). The van der Waals surface area contributed by atoms with Gasteiger partial charge in [0.2, 0.25) is 0 Å². The third-order valence-electron chi connectivity index (χ3n) is 4.46. The lowest BCUT2D eigenvalue weighted by Crippen LogP contribution is -2.30. The summed E-state index contributed by atoms with van der Waals surface area (Å²) in [4.78, 5) is 24.0. The lowest BCUT2D eigenvalue weighted by Gasteiger charge is -2.08. The number of hydrogen-bond acceptors (Lipinski definition) is 4. The molecule has 3 aromatic carbocycles. The fraction of sp³-hybridized carbons (Fsp3) is 0.167. The summed E-state index contributed by atoms with van der Waals surface area (Å²) in [6.07, 6.45) is 0.685. The maximum absolute atomic E-state index is 12.1. The highest BCUT2D eigenvalue weighted by atomic mass is 16.5. The lowest BCUT2D eigenvalue weighted by atomic mass is 10.0. The minimum atomic E-state index is -0.519. The molecule has 0 atom stereocenters. The number of amides is 1. The molecule has 0 bridgehead atoms. The fourth-order valence-corrected chi connectivity index (χ4v) is 2.83. The Balaban J connectivity index is 1.42. The normalized spacial score (nSPS) is 10.2. The zero-order chi connectivity index (χ0) is 20.5. The number of esters is 1. The van der Waals surface area contributed by atoms with Gasteiger partial charge in [0, 0.05) is 6.54 Å². The molecule has 0 fully saturated rings. The third-order valence-corrected chi connectivity index (χ3v) is 4.46. The summed E-state index contributed by atoms with van der Waals surface area (Å²) in [6, 6.07) is 24.7. The molecule has 0 heterocycles. The van der Waals surface area contributed by atoms with E-state index in [1.54, 1.807) is 19.2 Å². The van der Waals surface area contributed by atoms with Crippen LogP contribution in [0.15, 0.2) is 78.9 Å². The van der Waals surface area contributed by atoms with Gasteiger partial charge < -0.3 is 14.8 Å². The van der Waals surface area contributed by atoms with E-state index in [0.29, 0.717) is 18.5 Å². The molecule has 0 aromatic heterocycles. The van der Waals surface area contributed by atoms with Gasteiger partial charge in [0.15, 0.2) is 6.61 Å². The van der Waals surface area contributed by atoms with Gasteiger partial charge in [-0.05, 0) is 47.4 Å². The van der Waals surface area contributed by atoms with E-state index in [1.165, 1.54) is 0 Å². The van der Waals surface area contributed by atoms with Crippen molar-refractivity contribution in [1.82, 2.24) is 5.32 Å². The van der Waals surface area contributed by atoms with E-state index >= 15 is 0 Å². The predicted molar refractivity (Wildman–Crippen MR) is 112 cm³/mol. The highest BCUT2D eigenvalue weighted by Gasteiger charge is 2.10. The predicted octanol–water partition coefficient (Wildman–Crippen LogP) is 3.88.